The van der Waals surface area contributed by atoms with Gasteiger partial charge in [-0.3, -0.25) is 4.79 Å². The summed E-state index contributed by atoms with van der Waals surface area (Å²) >= 11 is 0. The Kier molecular flexibility index (Phi) is 3.47. The highest BCUT2D eigenvalue weighted by Gasteiger charge is 2.29. The van der Waals surface area contributed by atoms with Gasteiger partial charge in [0.05, 0.1) is 6.33 Å². The number of amides is 1. The fourth-order valence-corrected chi connectivity index (χ4v) is 2.33. The van der Waals surface area contributed by atoms with E-state index in [0.717, 1.165) is 19.5 Å². The molecule has 2 atom stereocenters. The van der Waals surface area contributed by atoms with Gasteiger partial charge in [0, 0.05) is 26.3 Å². The van der Waals surface area contributed by atoms with Gasteiger partial charge in [0.25, 0.3) is 5.91 Å². The van der Waals surface area contributed by atoms with Gasteiger partial charge in [-0.25, -0.2) is 4.98 Å². The highest BCUT2D eigenvalue weighted by Crippen LogP contribution is 2.23. The van der Waals surface area contributed by atoms with Gasteiger partial charge in [0.1, 0.15) is 5.69 Å². The minimum Gasteiger partial charge on any atom is -0.340 e. The Morgan fingerprint density at radius 1 is 1.65 bits per heavy atom. The lowest BCUT2D eigenvalue weighted by Gasteiger charge is -2.36. The highest BCUT2D eigenvalue weighted by molar-refractivity contribution is 5.92. The van der Waals surface area contributed by atoms with Crippen LogP contribution in [0.5, 0.6) is 0 Å². The third-order valence-corrected chi connectivity index (χ3v) is 3.63. The number of aryl methyl sites for hydroxylation is 1. The minimum absolute atomic E-state index is 0.0240. The minimum atomic E-state index is 0.0240. The van der Waals surface area contributed by atoms with E-state index in [1.165, 1.54) is 0 Å². The molecule has 5 heteroatoms. The molecule has 94 valence electrons. The highest BCUT2D eigenvalue weighted by atomic mass is 16.2. The number of nitrogens with zero attached hydrogens (tertiary/aromatic N) is 3. The first-order valence-corrected chi connectivity index (χ1v) is 6.09. The fraction of sp³-hybridized carbons (Fsp3) is 0.667. The third-order valence-electron chi connectivity index (χ3n) is 3.63. The van der Waals surface area contributed by atoms with E-state index < -0.39 is 0 Å². The summed E-state index contributed by atoms with van der Waals surface area (Å²) in [4.78, 5) is 18.2. The molecule has 0 bridgehead atoms. The van der Waals surface area contributed by atoms with Crippen molar-refractivity contribution in [1.29, 1.82) is 0 Å². The van der Waals surface area contributed by atoms with Gasteiger partial charge in [-0.1, -0.05) is 6.92 Å². The summed E-state index contributed by atoms with van der Waals surface area (Å²) < 4.78 is 1.79. The monoisotopic (exact) mass is 236 g/mol. The van der Waals surface area contributed by atoms with Crippen LogP contribution < -0.4 is 5.73 Å². The summed E-state index contributed by atoms with van der Waals surface area (Å²) in [6.45, 7) is 4.42. The number of carbonyl (C=O) groups is 1. The quantitative estimate of drug-likeness (QED) is 0.812. The molecule has 2 rings (SSSR count). The first kappa shape index (κ1) is 12.1. The molecule has 0 spiro atoms. The molecular weight excluding hydrogens is 216 g/mol. The molecule has 1 aromatic heterocycles. The predicted molar refractivity (Wildman–Crippen MR) is 65.4 cm³/mol. The van der Waals surface area contributed by atoms with Gasteiger partial charge >= 0.3 is 0 Å². The number of rotatable bonds is 2. The summed E-state index contributed by atoms with van der Waals surface area (Å²) in [6.07, 6.45) is 4.44. The van der Waals surface area contributed by atoms with Crippen molar-refractivity contribution in [2.75, 3.05) is 19.6 Å². The van der Waals surface area contributed by atoms with Crippen LogP contribution in [-0.4, -0.2) is 40.0 Å². The van der Waals surface area contributed by atoms with Crippen LogP contribution in [0.2, 0.25) is 0 Å². The molecule has 0 radical (unpaired) electrons. The van der Waals surface area contributed by atoms with Gasteiger partial charge in [0.15, 0.2) is 0 Å². The third kappa shape index (κ3) is 2.49. The van der Waals surface area contributed by atoms with Crippen molar-refractivity contribution in [3.05, 3.63) is 18.2 Å². The average Bonchev–Trinajstić information content (AvgIpc) is 2.75. The van der Waals surface area contributed by atoms with Crippen molar-refractivity contribution in [2.24, 2.45) is 24.6 Å². The molecule has 1 aliphatic heterocycles. The van der Waals surface area contributed by atoms with E-state index in [2.05, 4.69) is 11.9 Å². The maximum atomic E-state index is 12.2. The molecule has 0 saturated carbocycles. The molecular formula is C12H20N4O. The Morgan fingerprint density at radius 2 is 2.41 bits per heavy atom. The van der Waals surface area contributed by atoms with E-state index in [0.29, 0.717) is 24.1 Å². The number of nitrogens with two attached hydrogens (primary N) is 1. The van der Waals surface area contributed by atoms with E-state index in [4.69, 9.17) is 5.73 Å². The van der Waals surface area contributed by atoms with Crippen LogP contribution in [0.15, 0.2) is 12.5 Å². The number of piperidine rings is 1. The summed E-state index contributed by atoms with van der Waals surface area (Å²) in [7, 11) is 1.87. The Labute approximate surface area is 102 Å². The molecule has 2 N–H and O–H groups in total. The first-order valence-electron chi connectivity index (χ1n) is 6.09. The summed E-state index contributed by atoms with van der Waals surface area (Å²) in [5, 5.41) is 0. The molecule has 1 aromatic rings. The van der Waals surface area contributed by atoms with Gasteiger partial charge in [-0.2, -0.15) is 0 Å². The molecule has 17 heavy (non-hydrogen) atoms. The average molecular weight is 236 g/mol. The van der Waals surface area contributed by atoms with E-state index in [1.54, 1.807) is 17.1 Å². The Morgan fingerprint density at radius 3 is 3.00 bits per heavy atom. The van der Waals surface area contributed by atoms with Crippen LogP contribution in [-0.2, 0) is 7.05 Å². The second-order valence-corrected chi connectivity index (χ2v) is 4.94. The SMILES string of the molecule is CC1CCN(C(=O)c2cn(C)cn2)CC1CN. The number of hydrogen-bond acceptors (Lipinski definition) is 3. The zero-order chi connectivity index (χ0) is 12.4. The first-order chi connectivity index (χ1) is 8.11. The summed E-state index contributed by atoms with van der Waals surface area (Å²) in [6, 6.07) is 0. The van der Waals surface area contributed by atoms with E-state index >= 15 is 0 Å². The van der Waals surface area contributed by atoms with Crippen molar-refractivity contribution in [2.45, 2.75) is 13.3 Å². The number of carbonyl (C=O) groups excluding carboxylic acids is 1. The topological polar surface area (TPSA) is 64.2 Å². The van der Waals surface area contributed by atoms with Crippen LogP contribution >= 0.6 is 0 Å². The van der Waals surface area contributed by atoms with Crippen molar-refractivity contribution in [1.82, 2.24) is 14.5 Å². The Hall–Kier alpha value is -1.36. The van der Waals surface area contributed by atoms with Crippen LogP contribution in [0.25, 0.3) is 0 Å². The number of hydrogen-bond donors (Lipinski definition) is 1. The van der Waals surface area contributed by atoms with Crippen LogP contribution in [0.3, 0.4) is 0 Å². The van der Waals surface area contributed by atoms with Crippen molar-refractivity contribution in [3.63, 3.8) is 0 Å². The lowest BCUT2D eigenvalue weighted by Crippen LogP contribution is -2.45. The number of imidazole rings is 1. The van der Waals surface area contributed by atoms with E-state index in [1.807, 2.05) is 11.9 Å². The van der Waals surface area contributed by atoms with Gasteiger partial charge in [-0.05, 0) is 24.8 Å². The van der Waals surface area contributed by atoms with Crippen molar-refractivity contribution >= 4 is 5.91 Å². The number of aromatic nitrogens is 2. The van der Waals surface area contributed by atoms with Crippen molar-refractivity contribution in [3.8, 4) is 0 Å². The van der Waals surface area contributed by atoms with Crippen LogP contribution in [0.1, 0.15) is 23.8 Å². The van der Waals surface area contributed by atoms with Gasteiger partial charge < -0.3 is 15.2 Å². The second-order valence-electron chi connectivity index (χ2n) is 4.94. The lowest BCUT2D eigenvalue weighted by atomic mass is 9.87. The maximum Gasteiger partial charge on any atom is 0.274 e. The maximum absolute atomic E-state index is 12.2. The summed E-state index contributed by atoms with van der Waals surface area (Å²) in [5.74, 6) is 1.04. The zero-order valence-electron chi connectivity index (χ0n) is 10.5. The molecule has 0 aliphatic carbocycles. The molecule has 1 aliphatic rings. The fourth-order valence-electron chi connectivity index (χ4n) is 2.33. The normalized spacial score (nSPS) is 25.0. The van der Waals surface area contributed by atoms with Gasteiger partial charge in [0.2, 0.25) is 0 Å². The van der Waals surface area contributed by atoms with E-state index in [9.17, 15) is 4.79 Å². The molecule has 1 fully saturated rings. The molecule has 2 heterocycles. The Bertz CT molecular complexity index is 401. The standard InChI is InChI=1S/C12H20N4O/c1-9-3-4-16(6-10(9)5-13)12(17)11-7-15(2)8-14-11/h7-10H,3-6,13H2,1-2H3. The largest absolute Gasteiger partial charge is 0.340 e. The van der Waals surface area contributed by atoms with Crippen LogP contribution in [0.4, 0.5) is 0 Å². The predicted octanol–water partition coefficient (Wildman–Crippen LogP) is 0.477. The smallest absolute Gasteiger partial charge is 0.274 e. The second kappa shape index (κ2) is 4.87. The van der Waals surface area contributed by atoms with Crippen LogP contribution in [0, 0.1) is 11.8 Å². The molecule has 1 amide bonds. The molecule has 1 saturated heterocycles. The molecule has 5 nitrogen and oxygen atoms in total. The number of likely N-dealkylation sites (tertiary alicyclic amines) is 1. The van der Waals surface area contributed by atoms with Gasteiger partial charge in [-0.15, -0.1) is 0 Å². The van der Waals surface area contributed by atoms with Crippen molar-refractivity contribution < 1.29 is 4.79 Å². The Balaban J connectivity index is 2.05. The lowest BCUT2D eigenvalue weighted by molar-refractivity contribution is 0.0613. The summed E-state index contributed by atoms with van der Waals surface area (Å²) in [5.41, 5.74) is 6.27. The molecule has 0 aromatic carbocycles. The zero-order valence-corrected chi connectivity index (χ0v) is 10.5. The van der Waals surface area contributed by atoms with E-state index in [-0.39, 0.29) is 5.91 Å². The molecule has 2 unspecified atom stereocenters.